The van der Waals surface area contributed by atoms with Gasteiger partial charge in [-0.15, -0.1) is 0 Å². The maximum atomic E-state index is 11.4. The molecule has 0 heterocycles. The van der Waals surface area contributed by atoms with Crippen LogP contribution in [0.15, 0.2) is 24.3 Å². The fourth-order valence-corrected chi connectivity index (χ4v) is 1.43. The smallest absolute Gasteiger partial charge is 0.412 e. The third-order valence-corrected chi connectivity index (χ3v) is 2.27. The van der Waals surface area contributed by atoms with E-state index in [-0.39, 0.29) is 0 Å². The molecule has 1 N–H and O–H groups in total. The number of carbonyl (C=O) groups excluding carboxylic acids is 1. The summed E-state index contributed by atoms with van der Waals surface area (Å²) < 4.78 is 10.4. The lowest BCUT2D eigenvalue weighted by Crippen LogP contribution is -2.27. The Morgan fingerprint density at radius 3 is 2.78 bits per heavy atom. The predicted molar refractivity (Wildman–Crippen MR) is 72.0 cm³/mol. The third-order valence-electron chi connectivity index (χ3n) is 2.27. The van der Waals surface area contributed by atoms with Crippen LogP contribution in [0.3, 0.4) is 0 Å². The van der Waals surface area contributed by atoms with E-state index in [0.29, 0.717) is 18.0 Å². The van der Waals surface area contributed by atoms with Gasteiger partial charge in [-0.05, 0) is 31.0 Å². The van der Waals surface area contributed by atoms with Gasteiger partial charge in [-0.1, -0.05) is 25.1 Å². The highest BCUT2D eigenvalue weighted by Crippen LogP contribution is 2.28. The van der Waals surface area contributed by atoms with Crippen molar-refractivity contribution in [1.82, 2.24) is 5.32 Å². The highest BCUT2D eigenvalue weighted by Gasteiger charge is 2.09. The Labute approximate surface area is 108 Å². The van der Waals surface area contributed by atoms with Gasteiger partial charge in [-0.3, -0.25) is 0 Å². The standard InChI is InChI=1S/C14H19NO3/c1-4-6-11-7-8-12(13(10-11)17-3)18-14(16)15-9-5-2/h4,6-8,10H,5,9H2,1-3H3,(H,15,16). The van der Waals surface area contributed by atoms with Crippen molar-refractivity contribution in [3.05, 3.63) is 29.8 Å². The van der Waals surface area contributed by atoms with Crippen LogP contribution in [0.4, 0.5) is 4.79 Å². The van der Waals surface area contributed by atoms with Gasteiger partial charge in [0.05, 0.1) is 7.11 Å². The second kappa shape index (κ2) is 7.37. The highest BCUT2D eigenvalue weighted by atomic mass is 16.6. The second-order valence-electron chi connectivity index (χ2n) is 3.73. The van der Waals surface area contributed by atoms with Crippen molar-refractivity contribution in [3.8, 4) is 11.5 Å². The molecule has 1 rings (SSSR count). The first-order valence-corrected chi connectivity index (χ1v) is 5.97. The molecule has 0 aromatic heterocycles. The van der Waals surface area contributed by atoms with Crippen molar-refractivity contribution in [2.75, 3.05) is 13.7 Å². The lowest BCUT2D eigenvalue weighted by Gasteiger charge is -2.10. The van der Waals surface area contributed by atoms with Crippen molar-refractivity contribution in [2.24, 2.45) is 0 Å². The minimum atomic E-state index is -0.464. The molecule has 0 radical (unpaired) electrons. The number of rotatable bonds is 5. The van der Waals surface area contributed by atoms with E-state index in [1.165, 1.54) is 0 Å². The molecular formula is C14H19NO3. The molecule has 0 atom stereocenters. The molecule has 0 aliphatic carbocycles. The van der Waals surface area contributed by atoms with Gasteiger partial charge in [0, 0.05) is 6.54 Å². The summed E-state index contributed by atoms with van der Waals surface area (Å²) in [5.74, 6) is 0.955. The minimum Gasteiger partial charge on any atom is -0.493 e. The van der Waals surface area contributed by atoms with E-state index >= 15 is 0 Å². The van der Waals surface area contributed by atoms with Crippen molar-refractivity contribution < 1.29 is 14.3 Å². The average molecular weight is 249 g/mol. The molecule has 0 spiro atoms. The summed E-state index contributed by atoms with van der Waals surface area (Å²) in [5, 5.41) is 2.64. The topological polar surface area (TPSA) is 47.6 Å². The van der Waals surface area contributed by atoms with Gasteiger partial charge in [0.15, 0.2) is 11.5 Å². The van der Waals surface area contributed by atoms with Crippen LogP contribution < -0.4 is 14.8 Å². The Balaban J connectivity index is 2.79. The average Bonchev–Trinajstić information content (AvgIpc) is 2.38. The Kier molecular flexibility index (Phi) is 5.77. The van der Waals surface area contributed by atoms with E-state index < -0.39 is 6.09 Å². The monoisotopic (exact) mass is 249 g/mol. The quantitative estimate of drug-likeness (QED) is 0.871. The molecule has 1 aromatic rings. The summed E-state index contributed by atoms with van der Waals surface area (Å²) in [7, 11) is 1.55. The van der Waals surface area contributed by atoms with Crippen molar-refractivity contribution >= 4 is 12.2 Å². The summed E-state index contributed by atoms with van der Waals surface area (Å²) in [6.45, 7) is 4.51. The maximum Gasteiger partial charge on any atom is 0.412 e. The lowest BCUT2D eigenvalue weighted by molar-refractivity contribution is 0.198. The fraction of sp³-hybridized carbons (Fsp3) is 0.357. The van der Waals surface area contributed by atoms with E-state index in [1.54, 1.807) is 13.2 Å². The Hall–Kier alpha value is -1.97. The number of allylic oxidation sites excluding steroid dienone is 1. The van der Waals surface area contributed by atoms with Crippen molar-refractivity contribution in [1.29, 1.82) is 0 Å². The number of amides is 1. The van der Waals surface area contributed by atoms with Crippen LogP contribution >= 0.6 is 0 Å². The van der Waals surface area contributed by atoms with Gasteiger partial charge in [-0.2, -0.15) is 0 Å². The molecule has 0 bridgehead atoms. The largest absolute Gasteiger partial charge is 0.493 e. The predicted octanol–water partition coefficient (Wildman–Crippen LogP) is 3.23. The third kappa shape index (κ3) is 4.13. The molecule has 0 unspecified atom stereocenters. The Bertz CT molecular complexity index is 427. The number of hydrogen-bond donors (Lipinski definition) is 1. The van der Waals surface area contributed by atoms with Gasteiger partial charge in [0.2, 0.25) is 0 Å². The van der Waals surface area contributed by atoms with E-state index in [0.717, 1.165) is 12.0 Å². The van der Waals surface area contributed by atoms with E-state index in [1.807, 2.05) is 38.1 Å². The summed E-state index contributed by atoms with van der Waals surface area (Å²) in [6.07, 6.45) is 4.29. The summed E-state index contributed by atoms with van der Waals surface area (Å²) in [5.41, 5.74) is 0.996. The highest BCUT2D eigenvalue weighted by molar-refractivity contribution is 5.71. The van der Waals surface area contributed by atoms with Crippen LogP contribution in [0.1, 0.15) is 25.8 Å². The number of methoxy groups -OCH3 is 1. The van der Waals surface area contributed by atoms with Crippen LogP contribution in [-0.4, -0.2) is 19.7 Å². The van der Waals surface area contributed by atoms with Gasteiger partial charge in [0.25, 0.3) is 0 Å². The zero-order valence-electron chi connectivity index (χ0n) is 11.0. The Morgan fingerprint density at radius 2 is 2.17 bits per heavy atom. The number of nitrogens with one attached hydrogen (secondary N) is 1. The minimum absolute atomic E-state index is 0.416. The molecule has 4 nitrogen and oxygen atoms in total. The first kappa shape index (κ1) is 14.1. The molecule has 4 heteroatoms. The molecule has 0 aliphatic heterocycles. The molecule has 0 saturated carbocycles. The number of carbonyl (C=O) groups is 1. The van der Waals surface area contributed by atoms with Crippen molar-refractivity contribution in [2.45, 2.75) is 20.3 Å². The van der Waals surface area contributed by atoms with Crippen molar-refractivity contribution in [3.63, 3.8) is 0 Å². The SMILES string of the molecule is CC=Cc1ccc(OC(=O)NCCC)c(OC)c1. The van der Waals surface area contributed by atoms with Gasteiger partial charge in [-0.25, -0.2) is 4.79 Å². The summed E-state index contributed by atoms with van der Waals surface area (Å²) in [6, 6.07) is 5.41. The van der Waals surface area contributed by atoms with Gasteiger partial charge in [0.1, 0.15) is 0 Å². The number of ether oxygens (including phenoxy) is 2. The van der Waals surface area contributed by atoms with Gasteiger partial charge < -0.3 is 14.8 Å². The molecule has 0 fully saturated rings. The molecular weight excluding hydrogens is 230 g/mol. The van der Waals surface area contributed by atoms with Crippen LogP contribution in [0, 0.1) is 0 Å². The molecule has 1 amide bonds. The molecule has 0 saturated heterocycles. The van der Waals surface area contributed by atoms with Crippen LogP contribution in [0.5, 0.6) is 11.5 Å². The number of hydrogen-bond acceptors (Lipinski definition) is 3. The first-order chi connectivity index (χ1) is 8.71. The summed E-state index contributed by atoms with van der Waals surface area (Å²) in [4.78, 5) is 11.4. The fourth-order valence-electron chi connectivity index (χ4n) is 1.43. The first-order valence-electron chi connectivity index (χ1n) is 5.97. The second-order valence-corrected chi connectivity index (χ2v) is 3.73. The maximum absolute atomic E-state index is 11.4. The lowest BCUT2D eigenvalue weighted by atomic mass is 10.2. The van der Waals surface area contributed by atoms with Crippen LogP contribution in [0.2, 0.25) is 0 Å². The molecule has 1 aromatic carbocycles. The normalized spacial score (nSPS) is 10.4. The van der Waals surface area contributed by atoms with Crippen LogP contribution in [0.25, 0.3) is 6.08 Å². The van der Waals surface area contributed by atoms with E-state index in [9.17, 15) is 4.79 Å². The van der Waals surface area contributed by atoms with E-state index in [2.05, 4.69) is 5.32 Å². The summed E-state index contributed by atoms with van der Waals surface area (Å²) >= 11 is 0. The zero-order chi connectivity index (χ0) is 13.4. The zero-order valence-corrected chi connectivity index (χ0v) is 11.0. The van der Waals surface area contributed by atoms with Crippen LogP contribution in [-0.2, 0) is 0 Å². The molecule has 98 valence electrons. The van der Waals surface area contributed by atoms with Gasteiger partial charge >= 0.3 is 6.09 Å². The Morgan fingerprint density at radius 1 is 1.39 bits per heavy atom. The van der Waals surface area contributed by atoms with E-state index in [4.69, 9.17) is 9.47 Å². The molecule has 18 heavy (non-hydrogen) atoms. The molecule has 0 aliphatic rings. The number of benzene rings is 1.